The van der Waals surface area contributed by atoms with Gasteiger partial charge in [-0.05, 0) is 25.5 Å². The van der Waals surface area contributed by atoms with Crippen LogP contribution in [-0.2, 0) is 4.74 Å². The minimum absolute atomic E-state index is 0. The maximum atomic E-state index is 5.48. The second kappa shape index (κ2) is 11.7. The average Bonchev–Trinajstić information content (AvgIpc) is 2.43. The lowest BCUT2D eigenvalue weighted by molar-refractivity contribution is 0.0793. The van der Waals surface area contributed by atoms with Crippen molar-refractivity contribution in [1.29, 1.82) is 0 Å². The molecule has 0 radical (unpaired) electrons. The van der Waals surface area contributed by atoms with Crippen LogP contribution in [0.15, 0.2) is 17.6 Å². The monoisotopic (exact) mass is 413 g/mol. The third-order valence-electron chi connectivity index (χ3n) is 3.14. The van der Waals surface area contributed by atoms with Gasteiger partial charge in [0.05, 0.1) is 6.54 Å². The van der Waals surface area contributed by atoms with E-state index in [1.54, 1.807) is 0 Å². The molecular weight excluding hydrogens is 385 g/mol. The Labute approximate surface area is 144 Å². The minimum Gasteiger partial charge on any atom is -0.381 e. The number of aliphatic imine (C=N–C) groups is 1. The number of thioether (sulfide) groups is 1. The van der Waals surface area contributed by atoms with Crippen LogP contribution in [0.3, 0.4) is 0 Å². The number of nitrogens with one attached hydrogen (secondary N) is 2. The van der Waals surface area contributed by atoms with Crippen LogP contribution in [0, 0.1) is 0 Å². The second-order valence-corrected chi connectivity index (χ2v) is 6.33. The highest BCUT2D eigenvalue weighted by Gasteiger charge is 2.32. The first-order valence-corrected chi connectivity index (χ1v) is 8.09. The first-order chi connectivity index (χ1) is 9.26. The molecule has 1 heterocycles. The standard InChI is InChI=1S/C14H27N3OS.HI/c1-4-9-16-13(15-5-2)17-12-14(19-6-3)7-10-18-11-8-14;/h4H,1,5-12H2,2-3H3,(H2,15,16,17);1H. The molecule has 0 aliphatic carbocycles. The molecule has 20 heavy (non-hydrogen) atoms. The Kier molecular flexibility index (Phi) is 11.7. The maximum absolute atomic E-state index is 5.48. The van der Waals surface area contributed by atoms with Crippen LogP contribution in [-0.4, -0.2) is 49.3 Å². The van der Waals surface area contributed by atoms with Crippen LogP contribution in [0.1, 0.15) is 26.7 Å². The van der Waals surface area contributed by atoms with Crippen molar-refractivity contribution in [1.82, 2.24) is 10.6 Å². The molecule has 1 aliphatic heterocycles. The summed E-state index contributed by atoms with van der Waals surface area (Å²) in [6.07, 6.45) is 4.03. The van der Waals surface area contributed by atoms with Gasteiger partial charge in [-0.3, -0.25) is 4.99 Å². The number of nitrogens with zero attached hydrogens (tertiary/aromatic N) is 1. The molecule has 0 unspecified atom stereocenters. The van der Waals surface area contributed by atoms with E-state index in [0.717, 1.165) is 57.4 Å². The van der Waals surface area contributed by atoms with E-state index in [4.69, 9.17) is 9.73 Å². The molecule has 0 saturated carbocycles. The molecule has 0 aromatic carbocycles. The van der Waals surface area contributed by atoms with E-state index in [1.165, 1.54) is 0 Å². The van der Waals surface area contributed by atoms with E-state index in [-0.39, 0.29) is 28.7 Å². The maximum Gasteiger partial charge on any atom is 0.191 e. The Morgan fingerprint density at radius 3 is 2.60 bits per heavy atom. The number of halogens is 1. The Hall–Kier alpha value is 0.0500. The zero-order valence-corrected chi connectivity index (χ0v) is 15.8. The third kappa shape index (κ3) is 7.17. The zero-order chi connectivity index (χ0) is 14.0. The Balaban J connectivity index is 0.00000361. The summed E-state index contributed by atoms with van der Waals surface area (Å²) < 4.78 is 5.74. The first-order valence-electron chi connectivity index (χ1n) is 7.11. The fraction of sp³-hybridized carbons (Fsp3) is 0.786. The summed E-state index contributed by atoms with van der Waals surface area (Å²) in [5.74, 6) is 2.01. The molecule has 4 nitrogen and oxygen atoms in total. The van der Waals surface area contributed by atoms with E-state index >= 15 is 0 Å². The van der Waals surface area contributed by atoms with Crippen molar-refractivity contribution in [3.05, 3.63) is 12.7 Å². The van der Waals surface area contributed by atoms with Crippen LogP contribution in [0.25, 0.3) is 0 Å². The normalized spacial score (nSPS) is 18.0. The molecule has 0 atom stereocenters. The number of rotatable bonds is 7. The third-order valence-corrected chi connectivity index (χ3v) is 4.58. The molecule has 1 fully saturated rings. The van der Waals surface area contributed by atoms with Gasteiger partial charge >= 0.3 is 0 Å². The topological polar surface area (TPSA) is 45.7 Å². The predicted octanol–water partition coefficient (Wildman–Crippen LogP) is 2.65. The molecule has 0 aromatic rings. The summed E-state index contributed by atoms with van der Waals surface area (Å²) in [5.41, 5.74) is 0. The lowest BCUT2D eigenvalue weighted by atomic mass is 9.99. The molecule has 1 rings (SSSR count). The van der Waals surface area contributed by atoms with Crippen molar-refractivity contribution >= 4 is 41.7 Å². The van der Waals surface area contributed by atoms with Gasteiger partial charge in [-0.25, -0.2) is 0 Å². The predicted molar refractivity (Wildman–Crippen MR) is 101 cm³/mol. The number of ether oxygens (including phenoxy) is 1. The Bertz CT molecular complexity index is 289. The Morgan fingerprint density at radius 2 is 2.05 bits per heavy atom. The van der Waals surface area contributed by atoms with Gasteiger partial charge in [0, 0.05) is 31.1 Å². The quantitative estimate of drug-likeness (QED) is 0.292. The van der Waals surface area contributed by atoms with Crippen LogP contribution in [0.5, 0.6) is 0 Å². The molecule has 0 bridgehead atoms. The molecule has 1 saturated heterocycles. The van der Waals surface area contributed by atoms with Gasteiger partial charge in [0.2, 0.25) is 0 Å². The van der Waals surface area contributed by atoms with E-state index in [0.29, 0.717) is 0 Å². The second-order valence-electron chi connectivity index (χ2n) is 4.59. The van der Waals surface area contributed by atoms with E-state index in [2.05, 4.69) is 31.1 Å². The summed E-state index contributed by atoms with van der Waals surface area (Å²) in [7, 11) is 0. The fourth-order valence-electron chi connectivity index (χ4n) is 2.13. The van der Waals surface area contributed by atoms with Gasteiger partial charge in [-0.1, -0.05) is 13.0 Å². The van der Waals surface area contributed by atoms with Crippen LogP contribution < -0.4 is 10.6 Å². The van der Waals surface area contributed by atoms with E-state index in [9.17, 15) is 0 Å². The molecule has 0 aromatic heterocycles. The summed E-state index contributed by atoms with van der Waals surface area (Å²) in [5, 5.41) is 6.52. The minimum atomic E-state index is 0. The summed E-state index contributed by atoms with van der Waals surface area (Å²) in [4.78, 5) is 4.74. The first kappa shape index (κ1) is 20.1. The van der Waals surface area contributed by atoms with Crippen LogP contribution >= 0.6 is 35.7 Å². The van der Waals surface area contributed by atoms with Gasteiger partial charge in [0.15, 0.2) is 5.96 Å². The molecule has 0 spiro atoms. The van der Waals surface area contributed by atoms with Crippen molar-refractivity contribution in [3.63, 3.8) is 0 Å². The number of hydrogen-bond acceptors (Lipinski definition) is 3. The smallest absolute Gasteiger partial charge is 0.191 e. The van der Waals surface area contributed by atoms with Crippen molar-refractivity contribution in [2.24, 2.45) is 4.99 Å². The SMILES string of the molecule is C=CCNC(=NCC1(SCC)CCOCC1)NCC.I. The molecular formula is C14H28IN3OS. The van der Waals surface area contributed by atoms with Crippen molar-refractivity contribution < 1.29 is 4.74 Å². The van der Waals surface area contributed by atoms with Gasteiger partial charge in [-0.2, -0.15) is 11.8 Å². The van der Waals surface area contributed by atoms with Gasteiger partial charge < -0.3 is 15.4 Å². The molecule has 1 aliphatic rings. The number of hydrogen-bond donors (Lipinski definition) is 2. The van der Waals surface area contributed by atoms with Crippen LogP contribution in [0.4, 0.5) is 0 Å². The van der Waals surface area contributed by atoms with Gasteiger partial charge in [0.1, 0.15) is 0 Å². The van der Waals surface area contributed by atoms with Crippen molar-refractivity contribution in [2.75, 3.05) is 38.6 Å². The largest absolute Gasteiger partial charge is 0.381 e. The Morgan fingerprint density at radius 1 is 1.35 bits per heavy atom. The summed E-state index contributed by atoms with van der Waals surface area (Å²) >= 11 is 2.02. The molecule has 6 heteroatoms. The lowest BCUT2D eigenvalue weighted by Crippen LogP contribution is -2.41. The highest BCUT2D eigenvalue weighted by molar-refractivity contribution is 14.0. The zero-order valence-electron chi connectivity index (χ0n) is 12.6. The van der Waals surface area contributed by atoms with Crippen molar-refractivity contribution in [2.45, 2.75) is 31.4 Å². The fourth-order valence-corrected chi connectivity index (χ4v) is 3.35. The lowest BCUT2D eigenvalue weighted by Gasteiger charge is -2.35. The van der Waals surface area contributed by atoms with Crippen LogP contribution in [0.2, 0.25) is 0 Å². The molecule has 118 valence electrons. The molecule has 2 N–H and O–H groups in total. The summed E-state index contributed by atoms with van der Waals surface area (Å²) in [6.45, 7) is 12.2. The van der Waals surface area contributed by atoms with Crippen molar-refractivity contribution in [3.8, 4) is 0 Å². The number of guanidine groups is 1. The molecule has 0 amide bonds. The highest BCUT2D eigenvalue weighted by Crippen LogP contribution is 2.35. The highest BCUT2D eigenvalue weighted by atomic mass is 127. The van der Waals surface area contributed by atoms with E-state index in [1.807, 2.05) is 17.8 Å². The van der Waals surface area contributed by atoms with E-state index < -0.39 is 0 Å². The summed E-state index contributed by atoms with van der Waals surface area (Å²) in [6, 6.07) is 0. The average molecular weight is 413 g/mol. The van der Waals surface area contributed by atoms with Gasteiger partial charge in [-0.15, -0.1) is 30.6 Å². The van der Waals surface area contributed by atoms with Gasteiger partial charge in [0.25, 0.3) is 0 Å².